The number of rotatable bonds is 5. The zero-order valence-corrected chi connectivity index (χ0v) is 36.9. The minimum Gasteiger partial charge on any atom is -0.426 e. The summed E-state index contributed by atoms with van der Waals surface area (Å²) in [6.07, 6.45) is -18.1. The molecule has 0 aromatic heterocycles. The topological polar surface area (TPSA) is 91.4 Å². The van der Waals surface area contributed by atoms with E-state index in [4.69, 9.17) is 0 Å². The van der Waals surface area contributed by atoms with E-state index >= 15 is 0 Å². The molecule has 4 fully saturated rings. The number of aldehydes is 1. The SMILES string of the molecule is C.O=C(OC(C(F)(F)F)C(F)(F)F)N1CCC2(CCCC2)CC1.O=C(OC(C(F)(F)F)C(F)(F)F)N1CCC2(CCCN2Cc2cccc3c2NCCC3)CC1.O=Cc1cccc2c1CCCC2. The number of carbonyl (C=O) groups is 3. The van der Waals surface area contributed by atoms with E-state index in [-0.39, 0.29) is 44.6 Å². The van der Waals surface area contributed by atoms with E-state index in [2.05, 4.69) is 37.9 Å². The van der Waals surface area contributed by atoms with Crippen LogP contribution in [0.4, 0.5) is 68.0 Å². The molecule has 8 rings (SSSR count). The van der Waals surface area contributed by atoms with Crippen molar-refractivity contribution in [1.29, 1.82) is 0 Å². The zero-order valence-electron chi connectivity index (χ0n) is 36.9. The Bertz CT molecular complexity index is 1970. The van der Waals surface area contributed by atoms with Crippen LogP contribution in [0.15, 0.2) is 36.4 Å². The number of ether oxygens (including phenoxy) is 2. The molecule has 382 valence electrons. The minimum absolute atomic E-state index is 0. The smallest absolute Gasteiger partial charge is 0.426 e. The lowest BCUT2D eigenvalue weighted by Gasteiger charge is -2.45. The van der Waals surface area contributed by atoms with Gasteiger partial charge in [0.05, 0.1) is 0 Å². The van der Waals surface area contributed by atoms with Gasteiger partial charge in [0, 0.05) is 56.1 Å². The molecule has 1 saturated carbocycles. The highest BCUT2D eigenvalue weighted by Gasteiger charge is 2.61. The van der Waals surface area contributed by atoms with Gasteiger partial charge in [-0.15, -0.1) is 0 Å². The summed E-state index contributed by atoms with van der Waals surface area (Å²) < 4.78 is 158. The highest BCUT2D eigenvalue weighted by Crippen LogP contribution is 2.47. The molecule has 68 heavy (non-hydrogen) atoms. The number of nitrogens with zero attached hydrogens (tertiary/aromatic N) is 3. The molecular weight excluding hydrogens is 929 g/mol. The van der Waals surface area contributed by atoms with Gasteiger partial charge in [-0.1, -0.05) is 56.7 Å². The number of aryl methyl sites for hydroxylation is 2. The van der Waals surface area contributed by atoms with Crippen LogP contribution in [0.3, 0.4) is 0 Å². The maximum absolute atomic E-state index is 12.7. The van der Waals surface area contributed by atoms with Gasteiger partial charge in [0.1, 0.15) is 6.29 Å². The first kappa shape index (κ1) is 54.5. The third-order valence-electron chi connectivity index (χ3n) is 14.1. The number of amides is 2. The number of anilines is 1. The van der Waals surface area contributed by atoms with Crippen LogP contribution >= 0.6 is 0 Å². The standard InChI is InChI=1S/C22H27F6N3O2.C13H17F6NO2.C11H12O.CH4/c23-21(24,25)18(22(26,27)28)33-19(32)30-12-8-20(9-13-30)7-3-11-31(20)14-16-5-1-4-15-6-2-10-29-17(15)16;14-12(15,16)9(13(17,18)19)22-10(21)20-7-5-11(6-8-20)3-1-2-4-11;12-8-10-6-3-5-9-4-1-2-7-11(9)10;/h1,4-5,18,29H,2-3,6-14H2;9H,1-8H2;3,5-6,8H,1-2,4,7H2;1H4. The van der Waals surface area contributed by atoms with E-state index in [1.54, 1.807) is 0 Å². The number of carbonyl (C=O) groups excluding carboxylic acids is 3. The highest BCUT2D eigenvalue weighted by atomic mass is 19.4. The fraction of sp³-hybridized carbons (Fsp3) is 0.681. The molecule has 4 heterocycles. The number of halogens is 12. The van der Waals surface area contributed by atoms with Gasteiger partial charge in [-0.3, -0.25) is 9.69 Å². The van der Waals surface area contributed by atoms with Gasteiger partial charge in [0.25, 0.3) is 12.2 Å². The molecule has 4 aliphatic heterocycles. The first-order valence-electron chi connectivity index (χ1n) is 22.8. The van der Waals surface area contributed by atoms with Crippen molar-refractivity contribution in [2.45, 2.75) is 159 Å². The second kappa shape index (κ2) is 22.1. The van der Waals surface area contributed by atoms with Gasteiger partial charge >= 0.3 is 36.9 Å². The Kier molecular flexibility index (Phi) is 17.7. The van der Waals surface area contributed by atoms with Crippen LogP contribution in [0.25, 0.3) is 0 Å². The van der Waals surface area contributed by atoms with Crippen molar-refractivity contribution in [2.75, 3.05) is 44.6 Å². The summed E-state index contributed by atoms with van der Waals surface area (Å²) in [5, 5.41) is 3.48. The Labute approximate surface area is 388 Å². The summed E-state index contributed by atoms with van der Waals surface area (Å²) in [5.41, 5.74) is 7.09. The molecule has 6 aliphatic rings. The van der Waals surface area contributed by atoms with E-state index in [0.29, 0.717) is 32.2 Å². The Morgan fingerprint density at radius 2 is 1.10 bits per heavy atom. The number of alkyl halides is 12. The van der Waals surface area contributed by atoms with Gasteiger partial charge in [-0.2, -0.15) is 52.7 Å². The van der Waals surface area contributed by atoms with Crippen LogP contribution in [-0.4, -0.2) is 115 Å². The Balaban J connectivity index is 0.000000211. The van der Waals surface area contributed by atoms with Gasteiger partial charge < -0.3 is 24.6 Å². The number of fused-ring (bicyclic) bond motifs is 2. The maximum atomic E-state index is 12.7. The summed E-state index contributed by atoms with van der Waals surface area (Å²) >= 11 is 0. The third kappa shape index (κ3) is 13.5. The van der Waals surface area contributed by atoms with Gasteiger partial charge in [-0.05, 0) is 124 Å². The fourth-order valence-electron chi connectivity index (χ4n) is 10.5. The Hall–Kier alpha value is -4.43. The Morgan fingerprint density at radius 3 is 1.65 bits per heavy atom. The predicted octanol–water partition coefficient (Wildman–Crippen LogP) is 12.4. The monoisotopic (exact) mass is 988 g/mol. The van der Waals surface area contributed by atoms with Crippen LogP contribution in [0.5, 0.6) is 0 Å². The maximum Gasteiger partial charge on any atom is 0.434 e. The minimum atomic E-state index is -5.71. The molecule has 2 aromatic rings. The number of hydrogen-bond donors (Lipinski definition) is 1. The van der Waals surface area contributed by atoms with Crippen molar-refractivity contribution in [3.05, 3.63) is 64.2 Å². The van der Waals surface area contributed by atoms with E-state index in [1.807, 2.05) is 18.2 Å². The summed E-state index contributed by atoms with van der Waals surface area (Å²) in [6.45, 7) is 2.89. The van der Waals surface area contributed by atoms with Crippen molar-refractivity contribution in [2.24, 2.45) is 5.41 Å². The Morgan fingerprint density at radius 1 is 0.603 bits per heavy atom. The number of hydrogen-bond acceptors (Lipinski definition) is 7. The third-order valence-corrected chi connectivity index (χ3v) is 14.1. The summed E-state index contributed by atoms with van der Waals surface area (Å²) in [5.74, 6) is 0. The highest BCUT2D eigenvalue weighted by molar-refractivity contribution is 5.78. The number of para-hydroxylation sites is 1. The lowest BCUT2D eigenvalue weighted by Crippen LogP contribution is -2.54. The average molecular weight is 989 g/mol. The molecule has 0 atom stereocenters. The average Bonchev–Trinajstić information content (AvgIpc) is 3.89. The van der Waals surface area contributed by atoms with Gasteiger partial charge in [0.2, 0.25) is 0 Å². The summed E-state index contributed by atoms with van der Waals surface area (Å²) in [7, 11) is 0. The molecule has 3 saturated heterocycles. The van der Waals surface area contributed by atoms with E-state index in [9.17, 15) is 67.1 Å². The van der Waals surface area contributed by atoms with Crippen LogP contribution in [0.2, 0.25) is 0 Å². The van der Waals surface area contributed by atoms with Crippen molar-refractivity contribution in [3.63, 3.8) is 0 Å². The quantitative estimate of drug-likeness (QED) is 0.236. The first-order valence-corrected chi connectivity index (χ1v) is 22.8. The molecule has 0 bridgehead atoms. The molecule has 2 spiro atoms. The lowest BCUT2D eigenvalue weighted by atomic mass is 9.77. The summed E-state index contributed by atoms with van der Waals surface area (Å²) in [6, 6.07) is 12.3. The van der Waals surface area contributed by atoms with Crippen LogP contribution in [0.1, 0.15) is 124 Å². The van der Waals surface area contributed by atoms with Crippen LogP contribution < -0.4 is 5.32 Å². The van der Waals surface area contributed by atoms with E-state index in [1.165, 1.54) is 35.1 Å². The predicted molar refractivity (Wildman–Crippen MR) is 228 cm³/mol. The lowest BCUT2D eigenvalue weighted by molar-refractivity contribution is -0.309. The van der Waals surface area contributed by atoms with Crippen molar-refractivity contribution >= 4 is 24.2 Å². The van der Waals surface area contributed by atoms with E-state index in [0.717, 1.165) is 105 Å². The molecule has 2 amide bonds. The van der Waals surface area contributed by atoms with Gasteiger partial charge in [0.15, 0.2) is 0 Å². The molecule has 2 aromatic carbocycles. The number of nitrogens with one attached hydrogen (secondary N) is 1. The zero-order chi connectivity index (χ0) is 48.8. The van der Waals surface area contributed by atoms with Crippen LogP contribution in [0, 0.1) is 5.41 Å². The normalized spacial score (nSPS) is 20.3. The van der Waals surface area contributed by atoms with Crippen molar-refractivity contribution in [3.8, 4) is 0 Å². The molecular formula is C47H60F12N4O5. The largest absolute Gasteiger partial charge is 0.434 e. The fourth-order valence-corrected chi connectivity index (χ4v) is 10.5. The van der Waals surface area contributed by atoms with Crippen LogP contribution in [-0.2, 0) is 35.3 Å². The molecule has 1 N–H and O–H groups in total. The molecule has 0 unspecified atom stereocenters. The van der Waals surface area contributed by atoms with Crippen molar-refractivity contribution < 1.29 is 76.5 Å². The second-order valence-electron chi connectivity index (χ2n) is 18.4. The number of piperidine rings is 2. The summed E-state index contributed by atoms with van der Waals surface area (Å²) in [4.78, 5) is 38.7. The molecule has 2 aliphatic carbocycles. The van der Waals surface area contributed by atoms with E-state index < -0.39 is 49.1 Å². The van der Waals surface area contributed by atoms with Crippen molar-refractivity contribution in [1.82, 2.24) is 14.7 Å². The second-order valence-corrected chi connectivity index (χ2v) is 18.4. The molecule has 0 radical (unpaired) electrons. The first-order chi connectivity index (χ1) is 31.4. The number of benzene rings is 2. The number of likely N-dealkylation sites (tertiary alicyclic amines) is 3. The molecule has 21 heteroatoms. The van der Waals surface area contributed by atoms with Gasteiger partial charge in [-0.25, -0.2) is 9.59 Å². The molecule has 9 nitrogen and oxygen atoms in total.